The van der Waals surface area contributed by atoms with Gasteiger partial charge in [-0.1, -0.05) is 91.0 Å². The van der Waals surface area contributed by atoms with Crippen LogP contribution < -0.4 is 14.4 Å². The summed E-state index contributed by atoms with van der Waals surface area (Å²) in [5, 5.41) is 4.82. The van der Waals surface area contributed by atoms with Crippen molar-refractivity contribution in [3.8, 4) is 45.5 Å². The minimum atomic E-state index is 0.846. The lowest BCUT2D eigenvalue weighted by atomic mass is 10.0. The van der Waals surface area contributed by atoms with E-state index in [2.05, 4.69) is 160 Å². The topological polar surface area (TPSA) is 31.6 Å². The molecule has 2 aliphatic heterocycles. The van der Waals surface area contributed by atoms with Crippen molar-refractivity contribution in [2.24, 2.45) is 0 Å². The van der Waals surface area contributed by atoms with Gasteiger partial charge in [0.1, 0.15) is 0 Å². The molecule has 53 heavy (non-hydrogen) atoms. The fourth-order valence-electron chi connectivity index (χ4n) is 8.60. The Bertz CT molecular complexity index is 3090. The van der Waals surface area contributed by atoms with Crippen molar-refractivity contribution >= 4 is 60.7 Å². The van der Waals surface area contributed by atoms with Crippen LogP contribution in [0.4, 0.5) is 17.1 Å². The number of hydrogen-bond acceptors (Lipinski definition) is 3. The largest absolute Gasteiger partial charge is 0.453 e. The molecule has 248 valence electrons. The van der Waals surface area contributed by atoms with Crippen molar-refractivity contribution in [3.05, 3.63) is 176 Å². The summed E-state index contributed by atoms with van der Waals surface area (Å²) in [4.78, 5) is 2.30. The van der Waals surface area contributed by atoms with Crippen LogP contribution in [0.1, 0.15) is 0 Å². The maximum absolute atomic E-state index is 6.75. The number of aromatic nitrogens is 2. The van der Waals surface area contributed by atoms with Gasteiger partial charge in [-0.15, -0.1) is 0 Å². The Morgan fingerprint density at radius 2 is 0.906 bits per heavy atom. The van der Waals surface area contributed by atoms with Crippen LogP contribution in [-0.4, -0.2) is 9.13 Å². The van der Waals surface area contributed by atoms with Gasteiger partial charge in [0.2, 0.25) is 0 Å². The zero-order valence-corrected chi connectivity index (χ0v) is 28.4. The predicted octanol–water partition coefficient (Wildman–Crippen LogP) is 13.2. The third-order valence-electron chi connectivity index (χ3n) is 10.9. The lowest BCUT2D eigenvalue weighted by Crippen LogP contribution is -2.15. The van der Waals surface area contributed by atoms with Crippen LogP contribution in [-0.2, 0) is 0 Å². The smallest absolute Gasteiger partial charge is 0.160 e. The lowest BCUT2D eigenvalue weighted by Gasteiger charge is -2.32. The molecule has 0 N–H and O–H groups in total. The highest BCUT2D eigenvalue weighted by atomic mass is 16.5. The molecule has 0 saturated carbocycles. The zero-order valence-electron chi connectivity index (χ0n) is 28.4. The van der Waals surface area contributed by atoms with Crippen LogP contribution in [0.3, 0.4) is 0 Å². The van der Waals surface area contributed by atoms with E-state index in [0.717, 1.165) is 79.1 Å². The van der Waals surface area contributed by atoms with E-state index in [0.29, 0.717) is 0 Å². The number of para-hydroxylation sites is 8. The van der Waals surface area contributed by atoms with E-state index in [1.165, 1.54) is 27.1 Å². The Kier molecular flexibility index (Phi) is 5.71. The van der Waals surface area contributed by atoms with Crippen molar-refractivity contribution in [3.63, 3.8) is 0 Å². The summed E-state index contributed by atoms with van der Waals surface area (Å²) in [5.74, 6) is 3.44. The first-order valence-corrected chi connectivity index (χ1v) is 17.9. The summed E-state index contributed by atoms with van der Waals surface area (Å²) in [6, 6.07) is 62.2. The normalized spacial score (nSPS) is 12.8. The predicted molar refractivity (Wildman–Crippen MR) is 215 cm³/mol. The number of anilines is 3. The summed E-state index contributed by atoms with van der Waals surface area (Å²) >= 11 is 0. The molecule has 4 heterocycles. The van der Waals surface area contributed by atoms with E-state index in [1.807, 2.05) is 30.3 Å². The number of nitrogens with zero attached hydrogens (tertiary/aromatic N) is 3. The molecule has 5 nitrogen and oxygen atoms in total. The van der Waals surface area contributed by atoms with Crippen LogP contribution in [0.2, 0.25) is 0 Å². The molecule has 0 radical (unpaired) electrons. The molecular weight excluding hydrogens is 651 g/mol. The van der Waals surface area contributed by atoms with E-state index < -0.39 is 0 Å². The molecule has 0 aliphatic carbocycles. The van der Waals surface area contributed by atoms with E-state index in [4.69, 9.17) is 9.47 Å². The molecule has 0 amide bonds. The van der Waals surface area contributed by atoms with Crippen molar-refractivity contribution in [2.75, 3.05) is 4.90 Å². The molecule has 5 heteroatoms. The molecule has 0 fully saturated rings. The number of ether oxygens (including phenoxy) is 2. The van der Waals surface area contributed by atoms with E-state index in [1.54, 1.807) is 0 Å². The molecule has 2 aliphatic rings. The Balaban J connectivity index is 1.00. The molecule has 2 aromatic heterocycles. The number of fused-ring (bicyclic) bond motifs is 10. The van der Waals surface area contributed by atoms with Gasteiger partial charge in [-0.05, 0) is 90.5 Å². The summed E-state index contributed by atoms with van der Waals surface area (Å²) in [5.41, 5.74) is 12.1. The second-order valence-corrected chi connectivity index (χ2v) is 13.7. The van der Waals surface area contributed by atoms with Gasteiger partial charge in [-0.3, -0.25) is 0 Å². The van der Waals surface area contributed by atoms with E-state index >= 15 is 0 Å². The van der Waals surface area contributed by atoms with Crippen LogP contribution in [0.25, 0.3) is 66.1 Å². The minimum Gasteiger partial charge on any atom is -0.453 e. The van der Waals surface area contributed by atoms with Crippen molar-refractivity contribution in [1.82, 2.24) is 9.13 Å². The Morgan fingerprint density at radius 3 is 1.62 bits per heavy atom. The van der Waals surface area contributed by atoms with Crippen LogP contribution in [0, 0.1) is 0 Å². The highest BCUT2D eigenvalue weighted by Gasteiger charge is 2.28. The molecule has 0 spiro atoms. The molecule has 0 saturated heterocycles. The SMILES string of the molecule is c1ccc2c(c1)Oc1ccccc1N2c1ccc2c(c1)c1ccccc1n2-c1ccc(-c2ccc3c4ccccc4n4c3c2Oc2ccccc2-4)cc1. The summed E-state index contributed by atoms with van der Waals surface area (Å²) in [6.45, 7) is 0. The lowest BCUT2D eigenvalue weighted by molar-refractivity contribution is 0.477. The summed E-state index contributed by atoms with van der Waals surface area (Å²) < 4.78 is 17.8. The standard InChI is InChI=1S/C48H29N3O2/c1-4-14-39-34(11-1)36-27-26-33(48-47(36)51(39)43-17-7-10-20-46(43)53-48)30-21-23-31(24-22-30)49-38-13-3-2-12-35(38)37-29-32(25-28-40(37)49)50-41-15-5-8-18-44(41)52-45-19-9-6-16-42(45)50/h1-29H. The van der Waals surface area contributed by atoms with Gasteiger partial charge in [0.05, 0.1) is 39.1 Å². The Hall–Kier alpha value is -7.24. The minimum absolute atomic E-state index is 0.846. The highest BCUT2D eigenvalue weighted by molar-refractivity contribution is 6.14. The Morgan fingerprint density at radius 1 is 0.358 bits per heavy atom. The molecule has 10 aromatic rings. The third kappa shape index (κ3) is 3.96. The van der Waals surface area contributed by atoms with Gasteiger partial charge in [0.15, 0.2) is 23.0 Å². The number of rotatable bonds is 3. The number of hydrogen-bond donors (Lipinski definition) is 0. The van der Waals surface area contributed by atoms with Gasteiger partial charge in [-0.25, -0.2) is 0 Å². The summed E-state index contributed by atoms with van der Waals surface area (Å²) in [7, 11) is 0. The first kappa shape index (κ1) is 28.5. The first-order chi connectivity index (χ1) is 26.3. The molecule has 0 bridgehead atoms. The monoisotopic (exact) mass is 679 g/mol. The zero-order chi connectivity index (χ0) is 34.6. The van der Waals surface area contributed by atoms with Crippen molar-refractivity contribution in [2.45, 2.75) is 0 Å². The average Bonchev–Trinajstić information content (AvgIpc) is 3.74. The molecule has 8 aromatic carbocycles. The van der Waals surface area contributed by atoms with Crippen LogP contribution >= 0.6 is 0 Å². The van der Waals surface area contributed by atoms with Gasteiger partial charge in [0.25, 0.3) is 0 Å². The highest BCUT2D eigenvalue weighted by Crippen LogP contribution is 2.52. The van der Waals surface area contributed by atoms with Crippen molar-refractivity contribution in [1.29, 1.82) is 0 Å². The molecular formula is C48H29N3O2. The van der Waals surface area contributed by atoms with Crippen LogP contribution in [0.5, 0.6) is 23.0 Å². The second kappa shape index (κ2) is 10.6. The van der Waals surface area contributed by atoms with Gasteiger partial charge in [-0.2, -0.15) is 0 Å². The Labute approximate surface area is 304 Å². The average molecular weight is 680 g/mol. The van der Waals surface area contributed by atoms with E-state index in [9.17, 15) is 0 Å². The molecule has 0 atom stereocenters. The molecule has 12 rings (SSSR count). The fraction of sp³-hybridized carbons (Fsp3) is 0. The number of benzene rings is 8. The maximum atomic E-state index is 6.75. The summed E-state index contributed by atoms with van der Waals surface area (Å²) in [6.07, 6.45) is 0. The van der Waals surface area contributed by atoms with E-state index in [-0.39, 0.29) is 0 Å². The third-order valence-corrected chi connectivity index (χ3v) is 10.9. The molecule has 0 unspecified atom stereocenters. The fourth-order valence-corrected chi connectivity index (χ4v) is 8.60. The van der Waals surface area contributed by atoms with Gasteiger partial charge >= 0.3 is 0 Å². The maximum Gasteiger partial charge on any atom is 0.160 e. The van der Waals surface area contributed by atoms with Gasteiger partial charge < -0.3 is 23.5 Å². The van der Waals surface area contributed by atoms with Crippen molar-refractivity contribution < 1.29 is 9.47 Å². The van der Waals surface area contributed by atoms with Crippen LogP contribution in [0.15, 0.2) is 176 Å². The second-order valence-electron chi connectivity index (χ2n) is 13.7. The first-order valence-electron chi connectivity index (χ1n) is 17.9. The quantitative estimate of drug-likeness (QED) is 0.186. The van der Waals surface area contributed by atoms with Gasteiger partial charge in [0, 0.05) is 38.5 Å².